The minimum absolute atomic E-state index is 0.0384. The number of anilines is 1. The minimum atomic E-state index is -0.961. The molecular formula is C23H25N7O3. The fourth-order valence-electron chi connectivity index (χ4n) is 3.12. The van der Waals surface area contributed by atoms with Crippen molar-refractivity contribution in [3.8, 4) is 11.6 Å². The number of aromatic nitrogens is 6. The van der Waals surface area contributed by atoms with Gasteiger partial charge in [0.2, 0.25) is 12.0 Å². The van der Waals surface area contributed by atoms with Crippen LogP contribution in [0, 0.1) is 13.8 Å². The summed E-state index contributed by atoms with van der Waals surface area (Å²) in [7, 11) is 0. The maximum Gasteiger partial charge on any atom is 0.269 e. The molecule has 4 heterocycles. The van der Waals surface area contributed by atoms with Crippen molar-refractivity contribution in [2.24, 2.45) is 0 Å². The third-order valence-electron chi connectivity index (χ3n) is 4.83. The maximum absolute atomic E-state index is 13.0. The predicted molar refractivity (Wildman–Crippen MR) is 122 cm³/mol. The average Bonchev–Trinajstić information content (AvgIpc) is 3.23. The summed E-state index contributed by atoms with van der Waals surface area (Å²) in [6.45, 7) is 7.63. The number of aryl methyl sites for hydroxylation is 2. The Morgan fingerprint density at radius 3 is 2.67 bits per heavy atom. The van der Waals surface area contributed by atoms with Crippen LogP contribution in [0.4, 0.5) is 5.82 Å². The molecule has 0 saturated carbocycles. The SMILES string of the molecule is Cc1ccc(NC(=O)[C@H](COC(C)C)Oc2ncnc3c2cnn3-c2cccnc2C)nc1. The Kier molecular flexibility index (Phi) is 6.55. The molecule has 0 saturated heterocycles. The van der Waals surface area contributed by atoms with Gasteiger partial charge in [-0.15, -0.1) is 0 Å². The summed E-state index contributed by atoms with van der Waals surface area (Å²) in [6, 6.07) is 7.33. The van der Waals surface area contributed by atoms with Crippen molar-refractivity contribution in [2.45, 2.75) is 39.9 Å². The van der Waals surface area contributed by atoms with Crippen LogP contribution < -0.4 is 10.1 Å². The number of carbonyl (C=O) groups excluding carboxylic acids is 1. The molecule has 170 valence electrons. The standard InChI is InChI=1S/C23H25N7O3/c1-14(2)32-12-19(22(31)29-20-8-7-15(3)10-25-20)33-23-17-11-28-30(21(17)26-13-27-23)18-6-5-9-24-16(18)4/h5-11,13-14,19H,12H2,1-4H3,(H,25,29,31)/t19-/m0/s1. The van der Waals surface area contributed by atoms with Crippen LogP contribution in [0.3, 0.4) is 0 Å². The number of ether oxygens (including phenoxy) is 2. The fraction of sp³-hybridized carbons (Fsp3) is 0.304. The summed E-state index contributed by atoms with van der Waals surface area (Å²) in [5.74, 6) is 0.267. The lowest BCUT2D eigenvalue weighted by Gasteiger charge is -2.19. The van der Waals surface area contributed by atoms with E-state index in [9.17, 15) is 4.79 Å². The molecule has 0 radical (unpaired) electrons. The summed E-state index contributed by atoms with van der Waals surface area (Å²) in [5.41, 5.74) is 3.13. The normalized spacial score (nSPS) is 12.2. The Morgan fingerprint density at radius 1 is 1.09 bits per heavy atom. The zero-order valence-electron chi connectivity index (χ0n) is 18.9. The molecule has 0 aliphatic heterocycles. The van der Waals surface area contributed by atoms with E-state index >= 15 is 0 Å². The van der Waals surface area contributed by atoms with E-state index in [-0.39, 0.29) is 18.6 Å². The average molecular weight is 447 g/mol. The van der Waals surface area contributed by atoms with Crippen LogP contribution in [0.2, 0.25) is 0 Å². The summed E-state index contributed by atoms with van der Waals surface area (Å²) < 4.78 is 13.4. The number of fused-ring (bicyclic) bond motifs is 1. The Balaban J connectivity index is 1.62. The van der Waals surface area contributed by atoms with Gasteiger partial charge < -0.3 is 14.8 Å². The number of nitrogens with zero attached hydrogens (tertiary/aromatic N) is 6. The van der Waals surface area contributed by atoms with Crippen molar-refractivity contribution in [1.82, 2.24) is 29.7 Å². The van der Waals surface area contributed by atoms with E-state index in [4.69, 9.17) is 9.47 Å². The predicted octanol–water partition coefficient (Wildman–Crippen LogP) is 3.03. The van der Waals surface area contributed by atoms with Gasteiger partial charge in [0.05, 0.1) is 30.3 Å². The second kappa shape index (κ2) is 9.70. The Bertz CT molecular complexity index is 1250. The van der Waals surface area contributed by atoms with Crippen molar-refractivity contribution < 1.29 is 14.3 Å². The van der Waals surface area contributed by atoms with Gasteiger partial charge in [-0.25, -0.2) is 19.6 Å². The lowest BCUT2D eigenvalue weighted by molar-refractivity contribution is -0.126. The van der Waals surface area contributed by atoms with Crippen LogP contribution in [0.1, 0.15) is 25.1 Å². The van der Waals surface area contributed by atoms with Crippen molar-refractivity contribution in [1.29, 1.82) is 0 Å². The highest BCUT2D eigenvalue weighted by molar-refractivity contribution is 5.94. The van der Waals surface area contributed by atoms with Crippen molar-refractivity contribution in [3.05, 3.63) is 60.4 Å². The number of pyridine rings is 2. The summed E-state index contributed by atoms with van der Waals surface area (Å²) in [5, 5.41) is 7.78. The molecule has 33 heavy (non-hydrogen) atoms. The second-order valence-electron chi connectivity index (χ2n) is 7.78. The Morgan fingerprint density at radius 2 is 1.94 bits per heavy atom. The minimum Gasteiger partial charge on any atom is -0.461 e. The van der Waals surface area contributed by atoms with E-state index < -0.39 is 12.0 Å². The number of hydrogen-bond donors (Lipinski definition) is 1. The first kappa shape index (κ1) is 22.3. The Hall–Kier alpha value is -3.92. The molecule has 0 aliphatic carbocycles. The molecule has 0 fully saturated rings. The topological polar surface area (TPSA) is 117 Å². The van der Waals surface area contributed by atoms with Gasteiger partial charge >= 0.3 is 0 Å². The number of nitrogens with one attached hydrogen (secondary N) is 1. The first-order chi connectivity index (χ1) is 15.9. The third kappa shape index (κ3) is 5.12. The van der Waals surface area contributed by atoms with Crippen LogP contribution in [-0.4, -0.2) is 54.4 Å². The second-order valence-corrected chi connectivity index (χ2v) is 7.78. The van der Waals surface area contributed by atoms with E-state index in [0.29, 0.717) is 16.9 Å². The van der Waals surface area contributed by atoms with Gasteiger partial charge in [-0.05, 0) is 51.5 Å². The number of hydrogen-bond acceptors (Lipinski definition) is 8. The molecule has 4 rings (SSSR count). The zero-order chi connectivity index (χ0) is 23.4. The van der Waals surface area contributed by atoms with Crippen LogP contribution >= 0.6 is 0 Å². The number of amides is 1. The first-order valence-electron chi connectivity index (χ1n) is 10.5. The van der Waals surface area contributed by atoms with Crippen LogP contribution in [-0.2, 0) is 9.53 Å². The molecule has 4 aromatic heterocycles. The van der Waals surface area contributed by atoms with Gasteiger partial charge in [0, 0.05) is 12.4 Å². The summed E-state index contributed by atoms with van der Waals surface area (Å²) in [4.78, 5) is 30.1. The van der Waals surface area contributed by atoms with E-state index in [0.717, 1.165) is 16.9 Å². The molecule has 10 nitrogen and oxygen atoms in total. The molecular weight excluding hydrogens is 422 g/mol. The highest BCUT2D eigenvalue weighted by Crippen LogP contribution is 2.25. The van der Waals surface area contributed by atoms with Crippen molar-refractivity contribution >= 4 is 22.8 Å². The largest absolute Gasteiger partial charge is 0.461 e. The molecule has 1 N–H and O–H groups in total. The molecule has 0 spiro atoms. The molecule has 0 unspecified atom stereocenters. The van der Waals surface area contributed by atoms with E-state index in [1.807, 2.05) is 45.9 Å². The van der Waals surface area contributed by atoms with Gasteiger partial charge in [-0.1, -0.05) is 6.07 Å². The zero-order valence-corrected chi connectivity index (χ0v) is 18.9. The van der Waals surface area contributed by atoms with Crippen molar-refractivity contribution in [2.75, 3.05) is 11.9 Å². The molecule has 4 aromatic rings. The van der Waals surface area contributed by atoms with E-state index in [2.05, 4.69) is 30.4 Å². The molecule has 1 atom stereocenters. The lowest BCUT2D eigenvalue weighted by atomic mass is 10.3. The Labute approximate surface area is 191 Å². The van der Waals surface area contributed by atoms with Gasteiger partial charge in [-0.2, -0.15) is 5.10 Å². The first-order valence-corrected chi connectivity index (χ1v) is 10.5. The van der Waals surface area contributed by atoms with Gasteiger partial charge in [0.25, 0.3) is 5.91 Å². The third-order valence-corrected chi connectivity index (χ3v) is 4.83. The van der Waals surface area contributed by atoms with Crippen molar-refractivity contribution in [3.63, 3.8) is 0 Å². The number of carbonyl (C=O) groups is 1. The van der Waals surface area contributed by atoms with E-state index in [1.165, 1.54) is 6.33 Å². The highest BCUT2D eigenvalue weighted by atomic mass is 16.5. The van der Waals surface area contributed by atoms with E-state index in [1.54, 1.807) is 29.3 Å². The lowest BCUT2D eigenvalue weighted by Crippen LogP contribution is -2.38. The quantitative estimate of drug-likeness (QED) is 0.438. The van der Waals surface area contributed by atoms with Gasteiger partial charge in [-0.3, -0.25) is 9.78 Å². The van der Waals surface area contributed by atoms with Gasteiger partial charge in [0.15, 0.2) is 5.65 Å². The summed E-state index contributed by atoms with van der Waals surface area (Å²) in [6.07, 6.45) is 5.34. The molecule has 10 heteroatoms. The highest BCUT2D eigenvalue weighted by Gasteiger charge is 2.25. The fourth-order valence-corrected chi connectivity index (χ4v) is 3.12. The molecule has 0 aromatic carbocycles. The van der Waals surface area contributed by atoms with Crippen LogP contribution in [0.25, 0.3) is 16.7 Å². The smallest absolute Gasteiger partial charge is 0.269 e. The maximum atomic E-state index is 13.0. The van der Waals surface area contributed by atoms with Crippen LogP contribution in [0.15, 0.2) is 49.2 Å². The number of rotatable bonds is 8. The van der Waals surface area contributed by atoms with Crippen LogP contribution in [0.5, 0.6) is 5.88 Å². The monoisotopic (exact) mass is 447 g/mol. The summed E-state index contributed by atoms with van der Waals surface area (Å²) >= 11 is 0. The molecule has 1 amide bonds. The van der Waals surface area contributed by atoms with Gasteiger partial charge in [0.1, 0.15) is 17.5 Å². The molecule has 0 aliphatic rings. The molecule has 0 bridgehead atoms.